The van der Waals surface area contributed by atoms with Gasteiger partial charge in [0.05, 0.1) is 5.75 Å². The second-order valence-corrected chi connectivity index (χ2v) is 6.30. The van der Waals surface area contributed by atoms with E-state index in [0.29, 0.717) is 5.75 Å². The number of ketones is 1. The van der Waals surface area contributed by atoms with Gasteiger partial charge in [-0.15, -0.1) is 11.8 Å². The van der Waals surface area contributed by atoms with Crippen LogP contribution < -0.4 is 0 Å². The van der Waals surface area contributed by atoms with Crippen LogP contribution in [0.1, 0.15) is 32.6 Å². The van der Waals surface area contributed by atoms with Gasteiger partial charge in [0.2, 0.25) is 0 Å². The van der Waals surface area contributed by atoms with E-state index >= 15 is 0 Å². The molecule has 0 spiro atoms. The summed E-state index contributed by atoms with van der Waals surface area (Å²) in [6, 6.07) is 12.3. The first-order valence-corrected chi connectivity index (χ1v) is 7.76. The van der Waals surface area contributed by atoms with E-state index in [1.807, 2.05) is 25.1 Å². The Bertz CT molecular complexity index is 644. The maximum Gasteiger partial charge on any atom is 0.173 e. The number of carbonyl (C=O) groups is 1. The maximum absolute atomic E-state index is 12.3. The number of thioether (sulfide) groups is 1. The molecular weight excluding hydrogens is 264 g/mol. The monoisotopic (exact) mass is 284 g/mol. The number of carbonyl (C=O) groups excluding carboxylic acids is 1. The van der Waals surface area contributed by atoms with Crippen molar-refractivity contribution in [2.75, 3.05) is 5.75 Å². The molecule has 0 heterocycles. The Morgan fingerprint density at radius 1 is 0.900 bits per heavy atom. The standard InChI is InChI=1S/C18H20OS/c1-12-5-6-14(3)18(9-12)20-11-17(19)16-8-7-13(2)15(4)10-16/h5-10H,11H2,1-4H3. The third-order valence-electron chi connectivity index (χ3n) is 3.53. The van der Waals surface area contributed by atoms with Crippen LogP contribution in [-0.4, -0.2) is 11.5 Å². The predicted octanol–water partition coefficient (Wildman–Crippen LogP) is 4.90. The first kappa shape index (κ1) is 14.9. The van der Waals surface area contributed by atoms with E-state index in [0.717, 1.165) is 5.56 Å². The Balaban J connectivity index is 2.08. The molecule has 2 heteroatoms. The summed E-state index contributed by atoms with van der Waals surface area (Å²) in [6.45, 7) is 8.27. The highest BCUT2D eigenvalue weighted by atomic mass is 32.2. The summed E-state index contributed by atoms with van der Waals surface area (Å²) >= 11 is 1.62. The summed E-state index contributed by atoms with van der Waals surface area (Å²) in [5, 5.41) is 0. The quantitative estimate of drug-likeness (QED) is 0.587. The zero-order valence-corrected chi connectivity index (χ0v) is 13.3. The number of aryl methyl sites for hydroxylation is 4. The van der Waals surface area contributed by atoms with Gasteiger partial charge in [-0.05, 0) is 56.5 Å². The fourth-order valence-electron chi connectivity index (χ4n) is 2.00. The van der Waals surface area contributed by atoms with Crippen LogP contribution in [0.15, 0.2) is 41.3 Å². The molecule has 2 aromatic carbocycles. The lowest BCUT2D eigenvalue weighted by Crippen LogP contribution is -2.03. The van der Waals surface area contributed by atoms with E-state index in [2.05, 4.69) is 39.0 Å². The second-order valence-electron chi connectivity index (χ2n) is 5.28. The molecule has 0 radical (unpaired) electrons. The van der Waals surface area contributed by atoms with Gasteiger partial charge in [0.25, 0.3) is 0 Å². The molecule has 0 aromatic heterocycles. The molecule has 0 bridgehead atoms. The molecule has 0 N–H and O–H groups in total. The van der Waals surface area contributed by atoms with Gasteiger partial charge in [0.15, 0.2) is 5.78 Å². The van der Waals surface area contributed by atoms with Crippen LogP contribution in [0.3, 0.4) is 0 Å². The highest BCUT2D eigenvalue weighted by Crippen LogP contribution is 2.24. The molecule has 0 atom stereocenters. The number of Topliss-reactive ketones (excluding diaryl/α,β-unsaturated/α-hetero) is 1. The molecule has 0 fully saturated rings. The van der Waals surface area contributed by atoms with Gasteiger partial charge in [0, 0.05) is 10.5 Å². The first-order valence-electron chi connectivity index (χ1n) is 6.78. The molecule has 0 saturated heterocycles. The summed E-state index contributed by atoms with van der Waals surface area (Å²) in [4.78, 5) is 13.5. The zero-order chi connectivity index (χ0) is 14.7. The van der Waals surface area contributed by atoms with Gasteiger partial charge >= 0.3 is 0 Å². The lowest BCUT2D eigenvalue weighted by Gasteiger charge is -2.07. The number of hydrogen-bond donors (Lipinski definition) is 0. The molecular formula is C18H20OS. The van der Waals surface area contributed by atoms with Gasteiger partial charge in [-0.2, -0.15) is 0 Å². The summed E-state index contributed by atoms with van der Waals surface area (Å²) in [6.07, 6.45) is 0. The molecule has 0 aliphatic heterocycles. The molecule has 0 saturated carbocycles. The van der Waals surface area contributed by atoms with Crippen molar-refractivity contribution in [3.63, 3.8) is 0 Å². The zero-order valence-electron chi connectivity index (χ0n) is 12.5. The number of rotatable bonds is 4. The summed E-state index contributed by atoms with van der Waals surface area (Å²) in [5.74, 6) is 0.686. The van der Waals surface area contributed by atoms with Gasteiger partial charge in [0.1, 0.15) is 0 Å². The summed E-state index contributed by atoms with van der Waals surface area (Å²) in [7, 11) is 0. The van der Waals surface area contributed by atoms with Gasteiger partial charge in [-0.1, -0.05) is 29.8 Å². The number of benzene rings is 2. The fraction of sp³-hybridized carbons (Fsp3) is 0.278. The lowest BCUT2D eigenvalue weighted by molar-refractivity contribution is 0.102. The van der Waals surface area contributed by atoms with Gasteiger partial charge in [-0.3, -0.25) is 4.79 Å². The number of hydrogen-bond acceptors (Lipinski definition) is 2. The van der Waals surface area contributed by atoms with Crippen LogP contribution in [0.25, 0.3) is 0 Å². The topological polar surface area (TPSA) is 17.1 Å². The van der Waals surface area contributed by atoms with E-state index in [9.17, 15) is 4.79 Å². The molecule has 0 aliphatic carbocycles. The van der Waals surface area contributed by atoms with Crippen molar-refractivity contribution in [1.82, 2.24) is 0 Å². The predicted molar refractivity (Wildman–Crippen MR) is 86.9 cm³/mol. The molecule has 0 amide bonds. The minimum atomic E-state index is 0.194. The average Bonchev–Trinajstić information content (AvgIpc) is 2.42. The minimum absolute atomic E-state index is 0.194. The van der Waals surface area contributed by atoms with Crippen molar-refractivity contribution in [1.29, 1.82) is 0 Å². The molecule has 104 valence electrons. The summed E-state index contributed by atoms with van der Waals surface area (Å²) < 4.78 is 0. The van der Waals surface area contributed by atoms with Gasteiger partial charge in [-0.25, -0.2) is 0 Å². The minimum Gasteiger partial charge on any atom is -0.293 e. The third-order valence-corrected chi connectivity index (χ3v) is 4.69. The SMILES string of the molecule is Cc1ccc(C)c(SCC(=O)c2ccc(C)c(C)c2)c1. The molecule has 20 heavy (non-hydrogen) atoms. The van der Waals surface area contributed by atoms with Crippen molar-refractivity contribution in [3.8, 4) is 0 Å². The Morgan fingerprint density at radius 3 is 2.30 bits per heavy atom. The van der Waals surface area contributed by atoms with E-state index < -0.39 is 0 Å². The van der Waals surface area contributed by atoms with Gasteiger partial charge < -0.3 is 0 Å². The highest BCUT2D eigenvalue weighted by molar-refractivity contribution is 8.00. The second kappa shape index (κ2) is 6.27. The molecule has 2 rings (SSSR count). The van der Waals surface area contributed by atoms with E-state index in [1.165, 1.54) is 27.1 Å². The molecule has 0 unspecified atom stereocenters. The van der Waals surface area contributed by atoms with Crippen LogP contribution in [0.5, 0.6) is 0 Å². The third kappa shape index (κ3) is 3.51. The van der Waals surface area contributed by atoms with Crippen LogP contribution in [0.4, 0.5) is 0 Å². The largest absolute Gasteiger partial charge is 0.293 e. The molecule has 2 aromatic rings. The van der Waals surface area contributed by atoms with E-state index in [4.69, 9.17) is 0 Å². The Hall–Kier alpha value is -1.54. The van der Waals surface area contributed by atoms with Crippen LogP contribution in [-0.2, 0) is 0 Å². The van der Waals surface area contributed by atoms with Crippen LogP contribution in [0, 0.1) is 27.7 Å². The van der Waals surface area contributed by atoms with Crippen molar-refractivity contribution in [2.24, 2.45) is 0 Å². The van der Waals surface area contributed by atoms with Crippen molar-refractivity contribution < 1.29 is 4.79 Å². The van der Waals surface area contributed by atoms with E-state index in [1.54, 1.807) is 11.8 Å². The smallest absolute Gasteiger partial charge is 0.173 e. The van der Waals surface area contributed by atoms with Crippen LogP contribution >= 0.6 is 11.8 Å². The Morgan fingerprint density at radius 2 is 1.60 bits per heavy atom. The average molecular weight is 284 g/mol. The van der Waals surface area contributed by atoms with Crippen molar-refractivity contribution in [2.45, 2.75) is 32.6 Å². The Labute approximate surface area is 125 Å². The molecule has 0 aliphatic rings. The molecule has 1 nitrogen and oxygen atoms in total. The first-order chi connectivity index (χ1) is 9.47. The normalized spacial score (nSPS) is 10.6. The van der Waals surface area contributed by atoms with Crippen molar-refractivity contribution in [3.05, 3.63) is 64.2 Å². The van der Waals surface area contributed by atoms with E-state index in [-0.39, 0.29) is 5.78 Å². The summed E-state index contributed by atoms with van der Waals surface area (Å²) in [5.41, 5.74) is 5.67. The van der Waals surface area contributed by atoms with Crippen molar-refractivity contribution >= 4 is 17.5 Å². The van der Waals surface area contributed by atoms with Crippen LogP contribution in [0.2, 0.25) is 0 Å². The lowest BCUT2D eigenvalue weighted by atomic mass is 10.0. The maximum atomic E-state index is 12.3. The Kier molecular flexibility index (Phi) is 4.66. The fourth-order valence-corrected chi connectivity index (χ4v) is 3.02. The highest BCUT2D eigenvalue weighted by Gasteiger charge is 2.09.